The van der Waals surface area contributed by atoms with Gasteiger partial charge in [0.25, 0.3) is 0 Å². The first-order chi connectivity index (χ1) is 9.17. The summed E-state index contributed by atoms with van der Waals surface area (Å²) in [6.07, 6.45) is 3.52. The van der Waals surface area contributed by atoms with Gasteiger partial charge in [0.05, 0.1) is 14.2 Å². The Morgan fingerprint density at radius 1 is 1.16 bits per heavy atom. The fourth-order valence-corrected chi connectivity index (χ4v) is 1.80. The molecular weight excluding hydrogens is 242 g/mol. The van der Waals surface area contributed by atoms with E-state index in [2.05, 4.69) is 4.98 Å². The lowest BCUT2D eigenvalue weighted by molar-refractivity contribution is -0.671. The van der Waals surface area contributed by atoms with E-state index in [1.807, 2.05) is 37.5 Å². The largest absolute Gasteiger partial charge is 0.493 e. The molecule has 0 amide bonds. The van der Waals surface area contributed by atoms with Gasteiger partial charge in [-0.25, -0.2) is 9.55 Å². The summed E-state index contributed by atoms with van der Waals surface area (Å²) in [4.78, 5) is 4.27. The van der Waals surface area contributed by atoms with Gasteiger partial charge in [-0.05, 0) is 18.2 Å². The van der Waals surface area contributed by atoms with Crippen molar-refractivity contribution in [1.82, 2.24) is 4.98 Å². The van der Waals surface area contributed by atoms with E-state index in [1.54, 1.807) is 25.0 Å². The number of aryl methyl sites for hydroxylation is 1. The molecule has 0 aliphatic rings. The van der Waals surface area contributed by atoms with Gasteiger partial charge >= 0.3 is 0 Å². The fourth-order valence-electron chi connectivity index (χ4n) is 1.80. The Balaban J connectivity index is 2.53. The second-order valence-corrected chi connectivity index (χ2v) is 3.99. The molecule has 2 aromatic rings. The number of hydrogen-bond donors (Lipinski definition) is 0. The first-order valence-corrected chi connectivity index (χ1v) is 5.67. The van der Waals surface area contributed by atoms with Gasteiger partial charge in [-0.3, -0.25) is 0 Å². The van der Waals surface area contributed by atoms with Crippen LogP contribution in [0, 0.1) is 11.3 Å². The number of benzene rings is 1. The van der Waals surface area contributed by atoms with Gasteiger partial charge in [0, 0.05) is 5.56 Å². The molecule has 0 aliphatic carbocycles. The van der Waals surface area contributed by atoms with Gasteiger partial charge in [0.2, 0.25) is 11.9 Å². The maximum atomic E-state index is 8.95. The Bertz CT molecular complexity index is 648. The molecular formula is C14H14N3O2+. The summed E-state index contributed by atoms with van der Waals surface area (Å²) in [5.41, 5.74) is 1.95. The molecule has 1 aromatic carbocycles. The lowest BCUT2D eigenvalue weighted by Crippen LogP contribution is -2.28. The van der Waals surface area contributed by atoms with Crippen LogP contribution in [0.25, 0.3) is 11.3 Å². The Hall–Kier alpha value is -2.61. The number of nitrogens with zero attached hydrogens (tertiary/aromatic N) is 3. The highest BCUT2D eigenvalue weighted by Gasteiger charge is 2.11. The van der Waals surface area contributed by atoms with E-state index in [0.717, 1.165) is 5.56 Å². The van der Waals surface area contributed by atoms with Crippen molar-refractivity contribution in [3.63, 3.8) is 0 Å². The predicted octanol–water partition coefficient (Wildman–Crippen LogP) is 1.46. The summed E-state index contributed by atoms with van der Waals surface area (Å²) in [5.74, 6) is 1.29. The fraction of sp³-hybridized carbons (Fsp3) is 0.214. The van der Waals surface area contributed by atoms with E-state index < -0.39 is 0 Å². The predicted molar refractivity (Wildman–Crippen MR) is 68.7 cm³/mol. The first kappa shape index (κ1) is 12.8. The molecule has 0 saturated carbocycles. The highest BCUT2D eigenvalue weighted by atomic mass is 16.5. The number of nitriles is 1. The molecule has 96 valence electrons. The van der Waals surface area contributed by atoms with Crippen molar-refractivity contribution in [3.05, 3.63) is 36.3 Å². The van der Waals surface area contributed by atoms with Gasteiger partial charge in [0.15, 0.2) is 17.7 Å². The van der Waals surface area contributed by atoms with Crippen LogP contribution in [-0.4, -0.2) is 19.2 Å². The third-order valence-electron chi connectivity index (χ3n) is 2.69. The monoisotopic (exact) mass is 256 g/mol. The van der Waals surface area contributed by atoms with Crippen LogP contribution in [0.15, 0.2) is 30.6 Å². The smallest absolute Gasteiger partial charge is 0.205 e. The average molecular weight is 256 g/mol. The summed E-state index contributed by atoms with van der Waals surface area (Å²) in [5, 5.41) is 8.95. The molecule has 0 fully saturated rings. The Kier molecular flexibility index (Phi) is 3.62. The second kappa shape index (κ2) is 5.36. The maximum Gasteiger partial charge on any atom is 0.205 e. The van der Waals surface area contributed by atoms with Gasteiger partial charge in [-0.15, -0.1) is 0 Å². The molecule has 0 radical (unpaired) electrons. The molecule has 1 aromatic heterocycles. The minimum absolute atomic E-state index is 0.370. The lowest BCUT2D eigenvalue weighted by Gasteiger charge is -2.08. The number of rotatable bonds is 3. The second-order valence-electron chi connectivity index (χ2n) is 3.99. The third kappa shape index (κ3) is 2.63. The number of ether oxygens (including phenoxy) is 2. The van der Waals surface area contributed by atoms with Crippen molar-refractivity contribution >= 4 is 0 Å². The quantitative estimate of drug-likeness (QED) is 0.780. The van der Waals surface area contributed by atoms with E-state index in [1.165, 1.54) is 0 Å². The zero-order valence-corrected chi connectivity index (χ0v) is 11.0. The zero-order valence-electron chi connectivity index (χ0n) is 11.0. The van der Waals surface area contributed by atoms with Gasteiger partial charge < -0.3 is 9.47 Å². The molecule has 5 heteroatoms. The molecule has 0 N–H and O–H groups in total. The van der Waals surface area contributed by atoms with Crippen molar-refractivity contribution in [2.75, 3.05) is 14.2 Å². The van der Waals surface area contributed by atoms with Crippen molar-refractivity contribution in [1.29, 1.82) is 5.26 Å². The lowest BCUT2D eigenvalue weighted by atomic mass is 10.1. The highest BCUT2D eigenvalue weighted by Crippen LogP contribution is 2.31. The Morgan fingerprint density at radius 3 is 2.53 bits per heavy atom. The van der Waals surface area contributed by atoms with E-state index in [0.29, 0.717) is 22.9 Å². The van der Waals surface area contributed by atoms with Crippen LogP contribution in [0.4, 0.5) is 0 Å². The molecule has 5 nitrogen and oxygen atoms in total. The van der Waals surface area contributed by atoms with Gasteiger partial charge in [-0.1, -0.05) is 0 Å². The maximum absolute atomic E-state index is 8.95. The molecule has 0 spiro atoms. The van der Waals surface area contributed by atoms with Crippen molar-refractivity contribution in [2.45, 2.75) is 0 Å². The molecule has 0 unspecified atom stereocenters. The van der Waals surface area contributed by atoms with Crippen LogP contribution in [0.5, 0.6) is 11.5 Å². The standard InChI is InChI=1S/C14H14N3O2/c1-17-8-11(7-15)16-12(9-17)10-4-5-13(18-2)14(6-10)19-3/h4-6,8-9H,1-3H3/q+1. The third-order valence-corrected chi connectivity index (χ3v) is 2.69. The van der Waals surface area contributed by atoms with E-state index >= 15 is 0 Å². The van der Waals surface area contributed by atoms with Crippen LogP contribution >= 0.6 is 0 Å². The normalized spacial score (nSPS) is 9.79. The van der Waals surface area contributed by atoms with Crippen molar-refractivity contribution in [2.24, 2.45) is 7.05 Å². The highest BCUT2D eigenvalue weighted by molar-refractivity contribution is 5.63. The summed E-state index contributed by atoms with van der Waals surface area (Å²) >= 11 is 0. The zero-order chi connectivity index (χ0) is 13.8. The van der Waals surface area contributed by atoms with E-state index in [-0.39, 0.29) is 0 Å². The van der Waals surface area contributed by atoms with Crippen LogP contribution < -0.4 is 14.0 Å². The molecule has 0 atom stereocenters. The molecule has 0 saturated heterocycles. The average Bonchev–Trinajstić information content (AvgIpc) is 2.45. The summed E-state index contributed by atoms with van der Waals surface area (Å²) in [6, 6.07) is 7.57. The minimum atomic E-state index is 0.370. The molecule has 0 aliphatic heterocycles. The molecule has 1 heterocycles. The summed E-state index contributed by atoms with van der Waals surface area (Å²) < 4.78 is 12.3. The SMILES string of the molecule is COc1ccc(-c2c[n+](C)cc(C#N)n2)cc1OC. The number of hydrogen-bond acceptors (Lipinski definition) is 4. The molecule has 0 bridgehead atoms. The van der Waals surface area contributed by atoms with Crippen LogP contribution in [0.2, 0.25) is 0 Å². The van der Waals surface area contributed by atoms with Crippen LogP contribution in [0.3, 0.4) is 0 Å². The number of methoxy groups -OCH3 is 2. The van der Waals surface area contributed by atoms with Crippen molar-refractivity contribution < 1.29 is 14.0 Å². The van der Waals surface area contributed by atoms with E-state index in [9.17, 15) is 0 Å². The van der Waals surface area contributed by atoms with Crippen molar-refractivity contribution in [3.8, 4) is 28.8 Å². The van der Waals surface area contributed by atoms with Gasteiger partial charge in [-0.2, -0.15) is 5.26 Å². The van der Waals surface area contributed by atoms with Crippen LogP contribution in [-0.2, 0) is 7.05 Å². The van der Waals surface area contributed by atoms with E-state index in [4.69, 9.17) is 14.7 Å². The minimum Gasteiger partial charge on any atom is -0.493 e. The first-order valence-electron chi connectivity index (χ1n) is 5.67. The van der Waals surface area contributed by atoms with Gasteiger partial charge in [0.1, 0.15) is 18.8 Å². The number of aromatic nitrogens is 2. The molecule has 19 heavy (non-hydrogen) atoms. The Labute approximate surface area is 111 Å². The topological polar surface area (TPSA) is 59.0 Å². The molecule has 2 rings (SSSR count). The van der Waals surface area contributed by atoms with Crippen LogP contribution in [0.1, 0.15) is 5.69 Å². The summed E-state index contributed by atoms with van der Waals surface area (Å²) in [7, 11) is 5.03. The summed E-state index contributed by atoms with van der Waals surface area (Å²) in [6.45, 7) is 0. The Morgan fingerprint density at radius 2 is 1.89 bits per heavy atom.